The number of aryl methyl sites for hydroxylation is 1. The highest BCUT2D eigenvalue weighted by Gasteiger charge is 2.24. The summed E-state index contributed by atoms with van der Waals surface area (Å²) in [6.07, 6.45) is 2.26. The molecule has 0 spiro atoms. The first-order valence-corrected chi connectivity index (χ1v) is 6.66. The lowest BCUT2D eigenvalue weighted by molar-refractivity contribution is -0.133. The third kappa shape index (κ3) is 2.72. The lowest BCUT2D eigenvalue weighted by Gasteiger charge is -2.27. The summed E-state index contributed by atoms with van der Waals surface area (Å²) in [5, 5.41) is 7.37. The molecule has 0 atom stereocenters. The van der Waals surface area contributed by atoms with E-state index in [0.717, 1.165) is 25.1 Å². The minimum atomic E-state index is 0.178. The predicted octanol–water partition coefficient (Wildman–Crippen LogP) is 1.28. The van der Waals surface area contributed by atoms with Crippen LogP contribution in [0.4, 0.5) is 0 Å². The zero-order valence-electron chi connectivity index (χ0n) is 11.2. The minimum absolute atomic E-state index is 0.178. The summed E-state index contributed by atoms with van der Waals surface area (Å²) in [6.45, 7) is 6.69. The summed E-state index contributed by atoms with van der Waals surface area (Å²) in [6, 6.07) is 0. The maximum absolute atomic E-state index is 12.0. The molecule has 2 heterocycles. The number of nitrogens with zero attached hydrogens (tertiary/aromatic N) is 2. The van der Waals surface area contributed by atoms with Crippen molar-refractivity contribution in [2.75, 3.05) is 19.8 Å². The normalized spacial score (nSPS) is 14.7. The van der Waals surface area contributed by atoms with E-state index in [9.17, 15) is 4.79 Å². The summed E-state index contributed by atoms with van der Waals surface area (Å²) in [7, 11) is 0. The minimum Gasteiger partial charge on any atom is -0.381 e. The molecular weight excluding hydrogens is 230 g/mol. The van der Waals surface area contributed by atoms with Gasteiger partial charge in [-0.2, -0.15) is 5.10 Å². The van der Waals surface area contributed by atoms with Gasteiger partial charge in [-0.1, -0.05) is 6.92 Å². The first kappa shape index (κ1) is 13.1. The molecule has 5 nitrogen and oxygen atoms in total. The van der Waals surface area contributed by atoms with Gasteiger partial charge in [-0.25, -0.2) is 0 Å². The van der Waals surface area contributed by atoms with Gasteiger partial charge in [-0.15, -0.1) is 0 Å². The van der Waals surface area contributed by atoms with E-state index in [4.69, 9.17) is 4.74 Å². The second-order valence-electron chi connectivity index (χ2n) is 4.49. The van der Waals surface area contributed by atoms with Crippen molar-refractivity contribution in [1.82, 2.24) is 15.1 Å². The Kier molecular flexibility index (Phi) is 4.36. The molecule has 1 aliphatic heterocycles. The third-order valence-electron chi connectivity index (χ3n) is 3.37. The third-order valence-corrected chi connectivity index (χ3v) is 3.37. The molecule has 1 N–H and O–H groups in total. The van der Waals surface area contributed by atoms with Crippen LogP contribution in [0.3, 0.4) is 0 Å². The SMILES string of the molecule is CCOCCC(=O)N1CCc2[nH]nc(CC)c2C1. The lowest BCUT2D eigenvalue weighted by atomic mass is 10.0. The smallest absolute Gasteiger partial charge is 0.225 e. The fraction of sp³-hybridized carbons (Fsp3) is 0.692. The monoisotopic (exact) mass is 251 g/mol. The van der Waals surface area contributed by atoms with Crippen LogP contribution in [0.2, 0.25) is 0 Å². The average Bonchev–Trinajstić information content (AvgIpc) is 2.80. The number of H-pyrrole nitrogens is 1. The second kappa shape index (κ2) is 6.00. The van der Waals surface area contributed by atoms with Crippen LogP contribution >= 0.6 is 0 Å². The first-order chi connectivity index (χ1) is 8.76. The molecule has 0 unspecified atom stereocenters. The van der Waals surface area contributed by atoms with Crippen molar-refractivity contribution in [3.8, 4) is 0 Å². The summed E-state index contributed by atoms with van der Waals surface area (Å²) in [4.78, 5) is 13.9. The molecule has 0 bridgehead atoms. The van der Waals surface area contributed by atoms with Crippen molar-refractivity contribution in [3.63, 3.8) is 0 Å². The standard InChI is InChI=1S/C13H21N3O2/c1-3-11-10-9-16(7-5-12(10)15-14-11)13(17)6-8-18-4-2/h3-9H2,1-2H3,(H,14,15). The van der Waals surface area contributed by atoms with Gasteiger partial charge >= 0.3 is 0 Å². The molecule has 0 aliphatic carbocycles. The van der Waals surface area contributed by atoms with Gasteiger partial charge in [-0.3, -0.25) is 9.89 Å². The summed E-state index contributed by atoms with van der Waals surface area (Å²) in [5.41, 5.74) is 3.50. The summed E-state index contributed by atoms with van der Waals surface area (Å²) in [5.74, 6) is 0.178. The van der Waals surface area contributed by atoms with Crippen molar-refractivity contribution in [2.24, 2.45) is 0 Å². The van der Waals surface area contributed by atoms with Crippen molar-refractivity contribution in [3.05, 3.63) is 17.0 Å². The summed E-state index contributed by atoms with van der Waals surface area (Å²) < 4.78 is 5.23. The number of hydrogen-bond donors (Lipinski definition) is 1. The van der Waals surface area contributed by atoms with E-state index in [2.05, 4.69) is 17.1 Å². The lowest BCUT2D eigenvalue weighted by Crippen LogP contribution is -2.36. The number of amides is 1. The number of nitrogens with one attached hydrogen (secondary N) is 1. The number of aromatic nitrogens is 2. The highest BCUT2D eigenvalue weighted by Crippen LogP contribution is 2.21. The van der Waals surface area contributed by atoms with Crippen molar-refractivity contribution in [2.45, 2.75) is 39.7 Å². The van der Waals surface area contributed by atoms with Crippen LogP contribution in [0.5, 0.6) is 0 Å². The highest BCUT2D eigenvalue weighted by molar-refractivity contribution is 5.76. The van der Waals surface area contributed by atoms with Crippen molar-refractivity contribution >= 4 is 5.91 Å². The second-order valence-corrected chi connectivity index (χ2v) is 4.49. The first-order valence-electron chi connectivity index (χ1n) is 6.66. The van der Waals surface area contributed by atoms with E-state index in [1.807, 2.05) is 11.8 Å². The van der Waals surface area contributed by atoms with Crippen LogP contribution in [0, 0.1) is 0 Å². The molecule has 18 heavy (non-hydrogen) atoms. The Morgan fingerprint density at radius 2 is 2.33 bits per heavy atom. The Morgan fingerprint density at radius 1 is 1.50 bits per heavy atom. The Morgan fingerprint density at radius 3 is 3.06 bits per heavy atom. The largest absolute Gasteiger partial charge is 0.381 e. The molecule has 1 amide bonds. The van der Waals surface area contributed by atoms with Gasteiger partial charge in [0.25, 0.3) is 0 Å². The maximum atomic E-state index is 12.0. The predicted molar refractivity (Wildman–Crippen MR) is 68.2 cm³/mol. The molecule has 0 fully saturated rings. The number of carbonyl (C=O) groups is 1. The molecule has 0 saturated carbocycles. The van der Waals surface area contributed by atoms with Gasteiger partial charge in [0.05, 0.1) is 18.7 Å². The zero-order valence-corrected chi connectivity index (χ0v) is 11.2. The molecular formula is C13H21N3O2. The fourth-order valence-corrected chi connectivity index (χ4v) is 2.32. The zero-order chi connectivity index (χ0) is 13.0. The van der Waals surface area contributed by atoms with Crippen molar-refractivity contribution in [1.29, 1.82) is 0 Å². The number of fused-ring (bicyclic) bond motifs is 1. The Labute approximate surface area is 108 Å². The Bertz CT molecular complexity index is 401. The van der Waals surface area contributed by atoms with E-state index in [0.29, 0.717) is 26.2 Å². The average molecular weight is 251 g/mol. The molecule has 0 radical (unpaired) electrons. The van der Waals surface area contributed by atoms with Gasteiger partial charge in [0.2, 0.25) is 5.91 Å². The van der Waals surface area contributed by atoms with E-state index >= 15 is 0 Å². The molecule has 1 aliphatic rings. The van der Waals surface area contributed by atoms with Crippen LogP contribution in [0.25, 0.3) is 0 Å². The molecule has 2 rings (SSSR count). The highest BCUT2D eigenvalue weighted by atomic mass is 16.5. The van der Waals surface area contributed by atoms with E-state index in [-0.39, 0.29) is 5.91 Å². The van der Waals surface area contributed by atoms with Crippen molar-refractivity contribution < 1.29 is 9.53 Å². The molecule has 100 valence electrons. The molecule has 1 aromatic rings. The van der Waals surface area contributed by atoms with Gasteiger partial charge in [0, 0.05) is 37.4 Å². The van der Waals surface area contributed by atoms with E-state index in [1.165, 1.54) is 11.3 Å². The Hall–Kier alpha value is -1.36. The molecule has 5 heteroatoms. The van der Waals surface area contributed by atoms with E-state index < -0.39 is 0 Å². The van der Waals surface area contributed by atoms with E-state index in [1.54, 1.807) is 0 Å². The Balaban J connectivity index is 1.96. The number of rotatable bonds is 5. The maximum Gasteiger partial charge on any atom is 0.225 e. The topological polar surface area (TPSA) is 58.2 Å². The van der Waals surface area contributed by atoms with Crippen LogP contribution in [0.15, 0.2) is 0 Å². The molecule has 0 aromatic carbocycles. The van der Waals surface area contributed by atoms with Crippen LogP contribution < -0.4 is 0 Å². The van der Waals surface area contributed by atoms with Gasteiger partial charge < -0.3 is 9.64 Å². The van der Waals surface area contributed by atoms with Crippen LogP contribution in [-0.2, 0) is 28.9 Å². The molecule has 1 aromatic heterocycles. The molecule has 0 saturated heterocycles. The summed E-state index contributed by atoms with van der Waals surface area (Å²) >= 11 is 0. The number of hydrogen-bond acceptors (Lipinski definition) is 3. The van der Waals surface area contributed by atoms with Gasteiger partial charge in [0.1, 0.15) is 0 Å². The number of ether oxygens (including phenoxy) is 1. The number of aromatic amines is 1. The van der Waals surface area contributed by atoms with Gasteiger partial charge in [0.15, 0.2) is 0 Å². The van der Waals surface area contributed by atoms with Crippen LogP contribution in [-0.4, -0.2) is 40.8 Å². The van der Waals surface area contributed by atoms with Crippen LogP contribution in [0.1, 0.15) is 37.2 Å². The van der Waals surface area contributed by atoms with Gasteiger partial charge in [-0.05, 0) is 13.3 Å². The quantitative estimate of drug-likeness (QED) is 0.802. The number of carbonyl (C=O) groups excluding carboxylic acids is 1. The fourth-order valence-electron chi connectivity index (χ4n) is 2.32.